The predicted molar refractivity (Wildman–Crippen MR) is 52.9 cm³/mol. The molecule has 0 bridgehead atoms. The Balaban J connectivity index is 0.000000461. The summed E-state index contributed by atoms with van der Waals surface area (Å²) >= 11 is 5.63. The molecule has 11 heavy (non-hydrogen) atoms. The van der Waals surface area contributed by atoms with E-state index in [-0.39, 0.29) is 0 Å². The maximum absolute atomic E-state index is 5.63. The molecule has 0 saturated heterocycles. The van der Waals surface area contributed by atoms with Crippen LogP contribution in [-0.2, 0) is 0 Å². The minimum absolute atomic E-state index is 0.764. The molecule has 1 rings (SSSR count). The van der Waals surface area contributed by atoms with E-state index in [1.165, 1.54) is 0 Å². The summed E-state index contributed by atoms with van der Waals surface area (Å²) in [6.45, 7) is 7.62. The Kier molecular flexibility index (Phi) is 5.58. The van der Waals surface area contributed by atoms with Crippen molar-refractivity contribution in [1.29, 1.82) is 0 Å². The van der Waals surface area contributed by atoms with Gasteiger partial charge in [0, 0.05) is 5.02 Å². The third-order valence-corrected chi connectivity index (χ3v) is 1.36. The number of halogens is 1. The lowest BCUT2D eigenvalue weighted by Crippen LogP contribution is -1.67. The Morgan fingerprint density at radius 2 is 1.64 bits per heavy atom. The average molecular weight is 169 g/mol. The van der Waals surface area contributed by atoms with Gasteiger partial charge in [-0.15, -0.1) is 0 Å². The number of benzene rings is 1. The molecule has 0 heterocycles. The van der Waals surface area contributed by atoms with Crippen molar-refractivity contribution in [2.75, 3.05) is 0 Å². The standard InChI is InChI=1S/C8H7Cl.C2H6/c1-2-7-3-5-8(9)6-4-7;1-2/h2-6H,1H2;1-2H3. The normalized spacial score (nSPS) is 7.91. The molecule has 0 fully saturated rings. The number of hydrogen-bond acceptors (Lipinski definition) is 0. The fourth-order valence-corrected chi connectivity index (χ4v) is 0.725. The summed E-state index contributed by atoms with van der Waals surface area (Å²) in [4.78, 5) is 0. The molecular weight excluding hydrogens is 156 g/mol. The van der Waals surface area contributed by atoms with Crippen LogP contribution in [0, 0.1) is 0 Å². The third-order valence-electron chi connectivity index (χ3n) is 1.11. The minimum atomic E-state index is 0.764. The Bertz CT molecular complexity index is 199. The molecule has 0 N–H and O–H groups in total. The summed E-state index contributed by atoms with van der Waals surface area (Å²) in [6, 6.07) is 7.54. The predicted octanol–water partition coefficient (Wildman–Crippen LogP) is 4.01. The maximum Gasteiger partial charge on any atom is 0.0406 e. The van der Waals surface area contributed by atoms with Gasteiger partial charge in [0.15, 0.2) is 0 Å². The minimum Gasteiger partial charge on any atom is -0.0985 e. The molecule has 0 saturated carbocycles. The second-order valence-electron chi connectivity index (χ2n) is 1.76. The van der Waals surface area contributed by atoms with E-state index in [4.69, 9.17) is 11.6 Å². The highest BCUT2D eigenvalue weighted by atomic mass is 35.5. The molecule has 0 atom stereocenters. The highest BCUT2D eigenvalue weighted by molar-refractivity contribution is 6.30. The van der Waals surface area contributed by atoms with Crippen LogP contribution in [0.2, 0.25) is 5.02 Å². The van der Waals surface area contributed by atoms with Crippen LogP contribution in [0.3, 0.4) is 0 Å². The molecule has 1 aromatic rings. The van der Waals surface area contributed by atoms with Crippen molar-refractivity contribution in [3.05, 3.63) is 41.4 Å². The van der Waals surface area contributed by atoms with E-state index in [1.54, 1.807) is 6.08 Å². The average Bonchev–Trinajstić information content (AvgIpc) is 2.10. The van der Waals surface area contributed by atoms with Gasteiger partial charge in [0.25, 0.3) is 0 Å². The lowest BCUT2D eigenvalue weighted by molar-refractivity contribution is 1.50. The second kappa shape index (κ2) is 5.99. The first-order valence-corrected chi connectivity index (χ1v) is 4.09. The zero-order valence-corrected chi connectivity index (χ0v) is 7.73. The molecule has 0 radical (unpaired) electrons. The summed E-state index contributed by atoms with van der Waals surface area (Å²) < 4.78 is 0. The van der Waals surface area contributed by atoms with E-state index in [1.807, 2.05) is 38.1 Å². The summed E-state index contributed by atoms with van der Waals surface area (Å²) in [5.41, 5.74) is 1.10. The van der Waals surface area contributed by atoms with Crippen LogP contribution in [0.25, 0.3) is 6.08 Å². The van der Waals surface area contributed by atoms with Gasteiger partial charge in [-0.05, 0) is 17.7 Å². The van der Waals surface area contributed by atoms with Crippen LogP contribution in [0.1, 0.15) is 19.4 Å². The van der Waals surface area contributed by atoms with Crippen LogP contribution < -0.4 is 0 Å². The van der Waals surface area contributed by atoms with Crippen molar-refractivity contribution < 1.29 is 0 Å². The van der Waals surface area contributed by atoms with Gasteiger partial charge in [-0.1, -0.05) is 50.2 Å². The lowest BCUT2D eigenvalue weighted by Gasteiger charge is -1.89. The Hall–Kier alpha value is -0.750. The largest absolute Gasteiger partial charge is 0.0985 e. The summed E-state index contributed by atoms with van der Waals surface area (Å²) in [5, 5.41) is 0.764. The van der Waals surface area contributed by atoms with E-state index in [2.05, 4.69) is 6.58 Å². The molecule has 1 heteroatoms. The third kappa shape index (κ3) is 3.84. The molecule has 0 aliphatic rings. The number of hydrogen-bond donors (Lipinski definition) is 0. The van der Waals surface area contributed by atoms with E-state index in [0.29, 0.717) is 0 Å². The van der Waals surface area contributed by atoms with Crippen LogP contribution in [-0.4, -0.2) is 0 Å². The highest BCUT2D eigenvalue weighted by Gasteiger charge is 1.84. The zero-order valence-electron chi connectivity index (χ0n) is 6.97. The summed E-state index contributed by atoms with van der Waals surface area (Å²) in [6.07, 6.45) is 1.79. The molecule has 0 aliphatic carbocycles. The van der Waals surface area contributed by atoms with Gasteiger partial charge < -0.3 is 0 Å². The first kappa shape index (κ1) is 10.2. The molecule has 0 aromatic heterocycles. The van der Waals surface area contributed by atoms with Crippen molar-refractivity contribution in [3.63, 3.8) is 0 Å². The van der Waals surface area contributed by atoms with Gasteiger partial charge in [0.1, 0.15) is 0 Å². The van der Waals surface area contributed by atoms with Crippen molar-refractivity contribution in [2.45, 2.75) is 13.8 Å². The van der Waals surface area contributed by atoms with Crippen molar-refractivity contribution in [1.82, 2.24) is 0 Å². The molecule has 0 amide bonds. The van der Waals surface area contributed by atoms with Crippen LogP contribution in [0.15, 0.2) is 30.8 Å². The first-order valence-electron chi connectivity index (χ1n) is 3.71. The lowest BCUT2D eigenvalue weighted by atomic mass is 10.2. The van der Waals surface area contributed by atoms with Crippen LogP contribution in [0.4, 0.5) is 0 Å². The zero-order chi connectivity index (χ0) is 8.69. The van der Waals surface area contributed by atoms with Gasteiger partial charge in [-0.2, -0.15) is 0 Å². The van der Waals surface area contributed by atoms with Gasteiger partial charge >= 0.3 is 0 Å². The SMILES string of the molecule is C=Cc1ccc(Cl)cc1.CC. The fourth-order valence-electron chi connectivity index (χ4n) is 0.599. The van der Waals surface area contributed by atoms with E-state index in [9.17, 15) is 0 Å². The molecule has 0 aliphatic heterocycles. The van der Waals surface area contributed by atoms with Crippen molar-refractivity contribution in [3.8, 4) is 0 Å². The fraction of sp³-hybridized carbons (Fsp3) is 0.200. The van der Waals surface area contributed by atoms with Gasteiger partial charge in [-0.25, -0.2) is 0 Å². The number of rotatable bonds is 1. The maximum atomic E-state index is 5.63. The molecule has 0 unspecified atom stereocenters. The van der Waals surface area contributed by atoms with Crippen molar-refractivity contribution >= 4 is 17.7 Å². The van der Waals surface area contributed by atoms with Gasteiger partial charge in [0.05, 0.1) is 0 Å². The van der Waals surface area contributed by atoms with Crippen LogP contribution >= 0.6 is 11.6 Å². The van der Waals surface area contributed by atoms with Crippen molar-refractivity contribution in [2.24, 2.45) is 0 Å². The monoisotopic (exact) mass is 168 g/mol. The van der Waals surface area contributed by atoms with E-state index < -0.39 is 0 Å². The van der Waals surface area contributed by atoms with Crippen LogP contribution in [0.5, 0.6) is 0 Å². The van der Waals surface area contributed by atoms with E-state index >= 15 is 0 Å². The smallest absolute Gasteiger partial charge is 0.0406 e. The van der Waals surface area contributed by atoms with Gasteiger partial charge in [0.2, 0.25) is 0 Å². The summed E-state index contributed by atoms with van der Waals surface area (Å²) in [5.74, 6) is 0. The Morgan fingerprint density at radius 3 is 2.00 bits per heavy atom. The molecule has 1 aromatic carbocycles. The van der Waals surface area contributed by atoms with E-state index in [0.717, 1.165) is 10.6 Å². The molecule has 60 valence electrons. The summed E-state index contributed by atoms with van der Waals surface area (Å²) in [7, 11) is 0. The first-order chi connectivity index (χ1) is 5.33. The molecule has 0 spiro atoms. The Morgan fingerprint density at radius 1 is 1.18 bits per heavy atom. The quantitative estimate of drug-likeness (QED) is 0.595. The second-order valence-corrected chi connectivity index (χ2v) is 2.19. The highest BCUT2D eigenvalue weighted by Crippen LogP contribution is 2.09. The topological polar surface area (TPSA) is 0 Å². The molecular formula is C10H13Cl. The molecule has 0 nitrogen and oxygen atoms in total. The Labute approximate surface area is 73.5 Å². The van der Waals surface area contributed by atoms with Gasteiger partial charge in [-0.3, -0.25) is 0 Å².